The molecule has 0 unspecified atom stereocenters. The lowest BCUT2D eigenvalue weighted by atomic mass is 10.8. The van der Waals surface area contributed by atoms with Gasteiger partial charge in [0.1, 0.15) is 6.61 Å². The lowest BCUT2D eigenvalue weighted by molar-refractivity contribution is 0.361. The number of ether oxygens (including phenoxy) is 1. The van der Waals surface area contributed by atoms with Gasteiger partial charge in [-0.2, -0.15) is 0 Å². The largest absolute Gasteiger partial charge is 0.482 e. The number of aliphatic imine (C=N–C) groups is 1. The van der Waals surface area contributed by atoms with Crippen LogP contribution in [0.5, 0.6) is 0 Å². The van der Waals surface area contributed by atoms with Gasteiger partial charge in [-0.25, -0.2) is 0 Å². The van der Waals surface area contributed by atoms with Gasteiger partial charge in [-0.1, -0.05) is 0 Å². The molecule has 1 aliphatic heterocycles. The van der Waals surface area contributed by atoms with Gasteiger partial charge in [0.25, 0.3) is 0 Å². The third kappa shape index (κ3) is 3.89. The van der Waals surface area contributed by atoms with E-state index in [1.165, 1.54) is 6.40 Å². The molecule has 0 aromatic heterocycles. The van der Waals surface area contributed by atoms with Crippen molar-refractivity contribution >= 4 is 31.2 Å². The molecule has 44 valence electrons. The number of nitrogens with zero attached hydrogens (tertiary/aromatic N) is 1. The average molecular weight is 144 g/mol. The number of halogens is 2. The lowest BCUT2D eigenvalue weighted by Gasteiger charge is -1.76. The van der Waals surface area contributed by atoms with E-state index in [1.54, 1.807) is 0 Å². The van der Waals surface area contributed by atoms with E-state index in [1.807, 2.05) is 0 Å². The Kier molecular flexibility index (Phi) is 8.75. The summed E-state index contributed by atoms with van der Waals surface area (Å²) in [5, 5.41) is 0. The molecule has 4 heteroatoms. The highest BCUT2D eigenvalue weighted by Crippen LogP contribution is 1.78. The Hall–Kier alpha value is 0.0500. The van der Waals surface area contributed by atoms with Gasteiger partial charge in [-0.15, -0.1) is 24.8 Å². The third-order valence-corrected chi connectivity index (χ3v) is 0.487. The second-order valence-corrected chi connectivity index (χ2v) is 0.882. The SMILES string of the molecule is C1=NCCO1.Cl.Cl. The second kappa shape index (κ2) is 6.05. The smallest absolute Gasteiger partial charge is 0.169 e. The zero-order chi connectivity index (χ0) is 3.54. The lowest BCUT2D eigenvalue weighted by Crippen LogP contribution is -1.80. The van der Waals surface area contributed by atoms with Crippen LogP contribution in [0.3, 0.4) is 0 Å². The van der Waals surface area contributed by atoms with Crippen molar-refractivity contribution in [2.75, 3.05) is 13.2 Å². The van der Waals surface area contributed by atoms with Crippen LogP contribution in [0.1, 0.15) is 0 Å². The average Bonchev–Trinajstić information content (AvgIpc) is 1.76. The van der Waals surface area contributed by atoms with E-state index < -0.39 is 0 Å². The molecule has 0 aromatic rings. The molecule has 0 fully saturated rings. The fourth-order valence-electron chi connectivity index (χ4n) is 0.264. The van der Waals surface area contributed by atoms with Crippen LogP contribution in [-0.4, -0.2) is 19.6 Å². The van der Waals surface area contributed by atoms with Crippen LogP contribution < -0.4 is 0 Å². The molecule has 2 nitrogen and oxygen atoms in total. The predicted octanol–water partition coefficient (Wildman–Crippen LogP) is 0.888. The van der Waals surface area contributed by atoms with Crippen molar-refractivity contribution in [1.29, 1.82) is 0 Å². The van der Waals surface area contributed by atoms with Crippen molar-refractivity contribution in [3.8, 4) is 0 Å². The van der Waals surface area contributed by atoms with Crippen LogP contribution in [0.15, 0.2) is 4.99 Å². The van der Waals surface area contributed by atoms with E-state index in [4.69, 9.17) is 0 Å². The Labute approximate surface area is 54.8 Å². The first-order valence-corrected chi connectivity index (χ1v) is 1.60. The van der Waals surface area contributed by atoms with E-state index in [2.05, 4.69) is 9.73 Å². The Balaban J connectivity index is 0. The molecule has 0 N–H and O–H groups in total. The van der Waals surface area contributed by atoms with Crippen molar-refractivity contribution < 1.29 is 4.74 Å². The van der Waals surface area contributed by atoms with E-state index in [0.29, 0.717) is 0 Å². The van der Waals surface area contributed by atoms with E-state index in [9.17, 15) is 0 Å². The Bertz CT molecular complexity index is 50.9. The third-order valence-electron chi connectivity index (χ3n) is 0.487. The van der Waals surface area contributed by atoms with Gasteiger partial charge < -0.3 is 4.74 Å². The summed E-state index contributed by atoms with van der Waals surface area (Å²) in [6, 6.07) is 0. The summed E-state index contributed by atoms with van der Waals surface area (Å²) in [7, 11) is 0. The van der Waals surface area contributed by atoms with Crippen LogP contribution in [-0.2, 0) is 4.74 Å². The fourth-order valence-corrected chi connectivity index (χ4v) is 0.264. The van der Waals surface area contributed by atoms with E-state index in [0.717, 1.165) is 13.2 Å². The van der Waals surface area contributed by atoms with Crippen LogP contribution >= 0.6 is 24.8 Å². The van der Waals surface area contributed by atoms with Crippen molar-refractivity contribution in [3.63, 3.8) is 0 Å². The molecule has 1 rings (SSSR count). The minimum Gasteiger partial charge on any atom is -0.482 e. The molecule has 0 aliphatic carbocycles. The number of hydrogen-bond donors (Lipinski definition) is 0. The zero-order valence-corrected chi connectivity index (χ0v) is 5.30. The van der Waals surface area contributed by atoms with Crippen LogP contribution in [0.25, 0.3) is 0 Å². The standard InChI is InChI=1S/C3H5NO.2ClH/c1-2-5-3-4-1;;/h3H,1-2H2;2*1H. The molecule has 1 heterocycles. The zero-order valence-electron chi connectivity index (χ0n) is 3.66. The number of rotatable bonds is 0. The van der Waals surface area contributed by atoms with Gasteiger partial charge in [0.2, 0.25) is 0 Å². The van der Waals surface area contributed by atoms with Crippen molar-refractivity contribution in [1.82, 2.24) is 0 Å². The molecule has 0 saturated heterocycles. The predicted molar refractivity (Wildman–Crippen MR) is 33.8 cm³/mol. The first-order chi connectivity index (χ1) is 2.50. The second-order valence-electron chi connectivity index (χ2n) is 0.882. The first kappa shape index (κ1) is 10.1. The molecule has 0 atom stereocenters. The maximum Gasteiger partial charge on any atom is 0.169 e. The Morgan fingerprint density at radius 1 is 1.43 bits per heavy atom. The maximum atomic E-state index is 4.65. The fraction of sp³-hybridized carbons (Fsp3) is 0.667. The highest BCUT2D eigenvalue weighted by Gasteiger charge is 1.84. The highest BCUT2D eigenvalue weighted by atomic mass is 35.5. The van der Waals surface area contributed by atoms with Gasteiger partial charge in [0, 0.05) is 0 Å². The van der Waals surface area contributed by atoms with Gasteiger partial charge in [0.05, 0.1) is 6.54 Å². The summed E-state index contributed by atoms with van der Waals surface area (Å²) in [6.07, 6.45) is 1.49. The molecule has 0 spiro atoms. The van der Waals surface area contributed by atoms with Gasteiger partial charge in [0.15, 0.2) is 6.40 Å². The number of hydrogen-bond acceptors (Lipinski definition) is 2. The summed E-state index contributed by atoms with van der Waals surface area (Å²) in [5.74, 6) is 0. The van der Waals surface area contributed by atoms with Gasteiger partial charge in [-0.05, 0) is 0 Å². The molecular weight excluding hydrogens is 137 g/mol. The molecule has 0 amide bonds. The summed E-state index contributed by atoms with van der Waals surface area (Å²) < 4.78 is 4.65. The highest BCUT2D eigenvalue weighted by molar-refractivity contribution is 5.85. The quantitative estimate of drug-likeness (QED) is 0.494. The van der Waals surface area contributed by atoms with E-state index >= 15 is 0 Å². The van der Waals surface area contributed by atoms with E-state index in [-0.39, 0.29) is 24.8 Å². The Morgan fingerprint density at radius 3 is 2.29 bits per heavy atom. The monoisotopic (exact) mass is 143 g/mol. The van der Waals surface area contributed by atoms with Gasteiger partial charge >= 0.3 is 0 Å². The molecule has 7 heavy (non-hydrogen) atoms. The van der Waals surface area contributed by atoms with Crippen molar-refractivity contribution in [2.45, 2.75) is 0 Å². The molecule has 0 saturated carbocycles. The summed E-state index contributed by atoms with van der Waals surface area (Å²) in [5.41, 5.74) is 0. The van der Waals surface area contributed by atoms with Crippen LogP contribution in [0, 0.1) is 0 Å². The molecule has 0 bridgehead atoms. The summed E-state index contributed by atoms with van der Waals surface area (Å²) in [4.78, 5) is 3.74. The maximum absolute atomic E-state index is 4.65. The molecule has 1 aliphatic rings. The first-order valence-electron chi connectivity index (χ1n) is 1.60. The normalized spacial score (nSPS) is 13.7. The molecular formula is C3H7Cl2NO. The summed E-state index contributed by atoms with van der Waals surface area (Å²) >= 11 is 0. The molecule has 0 radical (unpaired) electrons. The summed E-state index contributed by atoms with van der Waals surface area (Å²) in [6.45, 7) is 1.62. The van der Waals surface area contributed by atoms with Crippen LogP contribution in [0.4, 0.5) is 0 Å². The van der Waals surface area contributed by atoms with Crippen molar-refractivity contribution in [2.24, 2.45) is 4.99 Å². The minimum absolute atomic E-state index is 0. The Morgan fingerprint density at radius 2 is 2.14 bits per heavy atom. The van der Waals surface area contributed by atoms with Crippen LogP contribution in [0.2, 0.25) is 0 Å². The molecule has 0 aromatic carbocycles. The minimum atomic E-state index is 0. The van der Waals surface area contributed by atoms with Gasteiger partial charge in [-0.3, -0.25) is 4.99 Å². The topological polar surface area (TPSA) is 21.6 Å². The van der Waals surface area contributed by atoms with Crippen molar-refractivity contribution in [3.05, 3.63) is 0 Å².